The summed E-state index contributed by atoms with van der Waals surface area (Å²) in [6.45, 7) is 3.68. The molecule has 1 aliphatic carbocycles. The van der Waals surface area contributed by atoms with Gasteiger partial charge in [0, 0.05) is 47.8 Å². The number of halogens is 6. The van der Waals surface area contributed by atoms with Crippen LogP contribution in [0.1, 0.15) is 55.3 Å². The molecule has 10 nitrogen and oxygen atoms in total. The van der Waals surface area contributed by atoms with Crippen LogP contribution in [-0.2, 0) is 6.18 Å². The Hall–Kier alpha value is -5.34. The van der Waals surface area contributed by atoms with Gasteiger partial charge in [0.15, 0.2) is 5.82 Å². The molecule has 286 valence electrons. The van der Waals surface area contributed by atoms with Crippen LogP contribution in [0.4, 0.5) is 43.0 Å². The van der Waals surface area contributed by atoms with Gasteiger partial charge in [-0.2, -0.15) is 28.4 Å². The predicted octanol–water partition coefficient (Wildman–Crippen LogP) is 8.31. The molecule has 5 aromatic rings. The molecule has 0 radical (unpaired) electrons. The predicted molar refractivity (Wildman–Crippen MR) is 196 cm³/mol. The first-order valence-electron chi connectivity index (χ1n) is 17.6. The van der Waals surface area contributed by atoms with E-state index in [1.54, 1.807) is 24.0 Å². The summed E-state index contributed by atoms with van der Waals surface area (Å²) in [6.07, 6.45) is -0.134. The minimum atomic E-state index is -5.22. The lowest BCUT2D eigenvalue weighted by molar-refractivity contribution is -0.138. The number of nitriles is 1. The van der Waals surface area contributed by atoms with Gasteiger partial charge in [-0.1, -0.05) is 12.1 Å². The van der Waals surface area contributed by atoms with Crippen LogP contribution in [-0.4, -0.2) is 59.2 Å². The molecule has 3 aliphatic rings. The zero-order valence-corrected chi connectivity index (χ0v) is 30.3. The molecule has 55 heavy (non-hydrogen) atoms. The smallest absolute Gasteiger partial charge is 0.420 e. The second-order valence-corrected chi connectivity index (χ2v) is 15.3. The maximum atomic E-state index is 17.4. The lowest BCUT2D eigenvalue weighted by atomic mass is 9.91. The van der Waals surface area contributed by atoms with Crippen LogP contribution in [0.2, 0.25) is 0 Å². The first-order valence-corrected chi connectivity index (χ1v) is 18.4. The zero-order valence-electron chi connectivity index (χ0n) is 29.4. The fourth-order valence-electron chi connectivity index (χ4n) is 7.72. The molecule has 3 aromatic heterocycles. The van der Waals surface area contributed by atoms with E-state index in [4.69, 9.17) is 20.9 Å². The number of likely N-dealkylation sites (tertiary alicyclic amines) is 1. The van der Waals surface area contributed by atoms with Crippen LogP contribution in [0, 0.1) is 28.4 Å². The van der Waals surface area contributed by atoms with E-state index in [-0.39, 0.29) is 68.9 Å². The van der Waals surface area contributed by atoms with E-state index in [0.717, 1.165) is 30.5 Å². The van der Waals surface area contributed by atoms with Gasteiger partial charge >= 0.3 is 12.2 Å². The van der Waals surface area contributed by atoms with Crippen LogP contribution in [0.25, 0.3) is 32.1 Å². The number of anilines is 3. The van der Waals surface area contributed by atoms with Crippen molar-refractivity contribution in [2.75, 3.05) is 55.8 Å². The number of thiophene rings is 1. The summed E-state index contributed by atoms with van der Waals surface area (Å²) in [6, 6.07) is 6.24. The Morgan fingerprint density at radius 2 is 1.87 bits per heavy atom. The summed E-state index contributed by atoms with van der Waals surface area (Å²) in [4.78, 5) is 17.1. The van der Waals surface area contributed by atoms with Gasteiger partial charge in [-0.3, -0.25) is 0 Å². The van der Waals surface area contributed by atoms with Crippen molar-refractivity contribution in [2.24, 2.45) is 5.41 Å². The molecule has 2 aromatic carbocycles. The maximum Gasteiger partial charge on any atom is 0.420 e. The highest BCUT2D eigenvalue weighted by Gasteiger charge is 2.47. The van der Waals surface area contributed by atoms with Gasteiger partial charge in [0.1, 0.15) is 52.0 Å². The Morgan fingerprint density at radius 1 is 1.11 bits per heavy atom. The number of hydrogen-bond acceptors (Lipinski definition) is 11. The molecular weight excluding hydrogens is 747 g/mol. The van der Waals surface area contributed by atoms with Crippen molar-refractivity contribution < 1.29 is 35.8 Å². The molecule has 4 N–H and O–H groups in total. The summed E-state index contributed by atoms with van der Waals surface area (Å²) in [5, 5.41) is 9.21. The maximum absolute atomic E-state index is 17.4. The largest absolute Gasteiger partial charge is 0.490 e. The Bertz CT molecular complexity index is 2420. The van der Waals surface area contributed by atoms with Crippen LogP contribution in [0.3, 0.4) is 0 Å². The highest BCUT2D eigenvalue weighted by atomic mass is 32.1. The summed E-state index contributed by atoms with van der Waals surface area (Å²) in [5.41, 5.74) is 9.63. The summed E-state index contributed by atoms with van der Waals surface area (Å²) < 4.78 is 104. The first-order chi connectivity index (χ1) is 26.3. The van der Waals surface area contributed by atoms with E-state index in [1.165, 1.54) is 6.20 Å². The minimum absolute atomic E-state index is 0.00136. The molecule has 0 amide bonds. The monoisotopic (exact) mass is 780 g/mol. The van der Waals surface area contributed by atoms with Gasteiger partial charge in [0.05, 0.1) is 41.2 Å². The number of pyridine rings is 1. The summed E-state index contributed by atoms with van der Waals surface area (Å²) in [7, 11) is 0. The number of hydrogen-bond donors (Lipinski definition) is 2. The van der Waals surface area contributed by atoms with Crippen molar-refractivity contribution in [3.63, 3.8) is 0 Å². The first kappa shape index (κ1) is 36.6. The number of aromatic nitrogens is 3. The van der Waals surface area contributed by atoms with Crippen LogP contribution >= 0.6 is 11.3 Å². The number of nitrogen functional groups attached to an aromatic ring is 2. The van der Waals surface area contributed by atoms with Crippen molar-refractivity contribution in [3.05, 3.63) is 70.7 Å². The molecular formula is C38H34F6N8O2S. The topological polar surface area (TPSA) is 139 Å². The third-order valence-corrected chi connectivity index (χ3v) is 11.8. The molecule has 1 atom stereocenters. The third kappa shape index (κ3) is 6.40. The van der Waals surface area contributed by atoms with Crippen LogP contribution in [0.5, 0.6) is 11.8 Å². The van der Waals surface area contributed by atoms with Crippen molar-refractivity contribution in [3.8, 4) is 29.0 Å². The molecule has 1 saturated heterocycles. The average Bonchev–Trinajstić information content (AvgIpc) is 3.88. The number of alkyl halides is 3. The van der Waals surface area contributed by atoms with Crippen molar-refractivity contribution in [2.45, 2.75) is 44.8 Å². The Balaban J connectivity index is 1.33. The Morgan fingerprint density at radius 3 is 2.55 bits per heavy atom. The van der Waals surface area contributed by atoms with E-state index in [9.17, 15) is 9.65 Å². The van der Waals surface area contributed by atoms with Gasteiger partial charge in [0.2, 0.25) is 0 Å². The van der Waals surface area contributed by atoms with Gasteiger partial charge in [-0.25, -0.2) is 18.2 Å². The minimum Gasteiger partial charge on any atom is -0.490 e. The highest BCUT2D eigenvalue weighted by Crippen LogP contribution is 2.54. The van der Waals surface area contributed by atoms with E-state index >= 15 is 22.0 Å². The molecule has 17 heteroatoms. The highest BCUT2D eigenvalue weighted by molar-refractivity contribution is 7.23. The van der Waals surface area contributed by atoms with Crippen LogP contribution in [0.15, 0.2) is 42.4 Å². The second kappa shape index (κ2) is 13.7. The van der Waals surface area contributed by atoms with E-state index < -0.39 is 51.8 Å². The molecule has 2 aliphatic heterocycles. The van der Waals surface area contributed by atoms with Crippen molar-refractivity contribution >= 4 is 49.0 Å². The lowest BCUT2D eigenvalue weighted by Gasteiger charge is -2.31. The van der Waals surface area contributed by atoms with E-state index in [2.05, 4.69) is 19.9 Å². The molecule has 2 fully saturated rings. The van der Waals surface area contributed by atoms with E-state index in [0.29, 0.717) is 55.7 Å². The number of benzene rings is 2. The standard InChI is InChI=1S/C38H34F6N8O2S/c1-19(21-3-2-10-48-33(21)46)52-13-14-53-31-27-30(49-36(50-35(27)52)54-18-37(8-9-37)17-51-11-6-20(15-39)7-12-51)29(41)26(28(31)38(42,43)44)22-4-5-24(40)32-25(22)23(16-45)34(47)55-32/h2-5,10,15,19H,6-9,11-14,17-18,47H2,1H3,(H2,46,48). The average molecular weight is 781 g/mol. The van der Waals surface area contributed by atoms with Gasteiger partial charge in [0.25, 0.3) is 0 Å². The molecule has 0 spiro atoms. The lowest BCUT2D eigenvalue weighted by Crippen LogP contribution is -2.37. The number of nitrogens with zero attached hydrogens (tertiary/aromatic N) is 6. The number of nitrogens with two attached hydrogens (primary N) is 2. The third-order valence-electron chi connectivity index (χ3n) is 10.8. The van der Waals surface area contributed by atoms with E-state index in [1.807, 2.05) is 6.07 Å². The van der Waals surface area contributed by atoms with Crippen molar-refractivity contribution in [1.82, 2.24) is 19.9 Å². The number of ether oxygens (including phenoxy) is 2. The SMILES string of the molecule is CC(c1cccnc1N)N1CCOc2c(C(F)(F)F)c(-c3ccc(F)c4sc(N)c(C#N)c34)c(F)c3nc(OCC4(CN5CCC(=CF)CC5)CC4)nc1c23. The molecule has 8 rings (SSSR count). The number of piperidine rings is 1. The quantitative estimate of drug-likeness (QED) is 0.148. The van der Waals surface area contributed by atoms with Crippen molar-refractivity contribution in [1.29, 1.82) is 5.26 Å². The fourth-order valence-corrected chi connectivity index (χ4v) is 8.67. The zero-order chi connectivity index (χ0) is 38.8. The molecule has 1 unspecified atom stereocenters. The molecule has 1 saturated carbocycles. The Labute approximate surface area is 315 Å². The van der Waals surface area contributed by atoms with Gasteiger partial charge in [-0.15, -0.1) is 11.3 Å². The second-order valence-electron chi connectivity index (χ2n) is 14.2. The van der Waals surface area contributed by atoms with Crippen LogP contribution < -0.4 is 25.8 Å². The molecule has 0 bridgehead atoms. The Kier molecular flexibility index (Phi) is 9.16. The molecule has 5 heterocycles. The summed E-state index contributed by atoms with van der Waals surface area (Å²) in [5.74, 6) is -2.85. The fraction of sp³-hybridized carbons (Fsp3) is 0.368. The van der Waals surface area contributed by atoms with Gasteiger partial charge in [-0.05, 0) is 55.9 Å². The number of fused-ring (bicyclic) bond motifs is 1. The summed E-state index contributed by atoms with van der Waals surface area (Å²) >= 11 is 0.677. The van der Waals surface area contributed by atoms with Gasteiger partial charge < -0.3 is 30.7 Å². The normalized spacial score (nSPS) is 17.5. The number of rotatable bonds is 8.